The number of amides is 1. The van der Waals surface area contributed by atoms with Crippen LogP contribution in [0.25, 0.3) is 0 Å². The molecule has 0 saturated carbocycles. The van der Waals surface area contributed by atoms with Crippen molar-refractivity contribution in [2.24, 2.45) is 5.92 Å². The minimum Gasteiger partial charge on any atom is -0.325 e. The number of anilines is 2. The summed E-state index contributed by atoms with van der Waals surface area (Å²) in [5, 5.41) is 3.08. The van der Waals surface area contributed by atoms with E-state index in [2.05, 4.69) is 5.32 Å². The number of sulfonamides is 1. The first-order valence-corrected chi connectivity index (χ1v) is 8.88. The topological polar surface area (TPSA) is 66.5 Å². The predicted octanol–water partition coefficient (Wildman–Crippen LogP) is 2.86. The molecule has 0 bridgehead atoms. The lowest BCUT2D eigenvalue weighted by Gasteiger charge is -2.18. The first-order chi connectivity index (χ1) is 9.79. The van der Waals surface area contributed by atoms with E-state index in [1.165, 1.54) is 4.31 Å². The van der Waals surface area contributed by atoms with Crippen LogP contribution in [-0.2, 0) is 14.8 Å². The molecule has 116 valence electrons. The Morgan fingerprint density at radius 3 is 2.67 bits per heavy atom. The predicted molar refractivity (Wildman–Crippen MR) is 85.3 cm³/mol. The fraction of sp³-hybridized carbons (Fsp3) is 0.500. The van der Waals surface area contributed by atoms with Crippen molar-refractivity contribution in [3.8, 4) is 0 Å². The second-order valence-corrected chi connectivity index (χ2v) is 7.97. The van der Waals surface area contributed by atoms with Gasteiger partial charge in [0.1, 0.15) is 0 Å². The van der Waals surface area contributed by atoms with Crippen LogP contribution in [0.5, 0.6) is 0 Å². The van der Waals surface area contributed by atoms with Gasteiger partial charge in [-0.1, -0.05) is 25.4 Å². The molecule has 1 aliphatic heterocycles. The molecule has 21 heavy (non-hydrogen) atoms. The van der Waals surface area contributed by atoms with Crippen LogP contribution in [0, 0.1) is 5.92 Å². The number of carbonyl (C=O) groups excluding carboxylic acids is 1. The Bertz CT molecular complexity index is 644. The van der Waals surface area contributed by atoms with E-state index in [4.69, 9.17) is 11.6 Å². The second kappa shape index (κ2) is 6.23. The molecule has 2 rings (SSSR count). The van der Waals surface area contributed by atoms with Crippen molar-refractivity contribution in [2.45, 2.75) is 26.7 Å². The molecule has 1 aromatic carbocycles. The van der Waals surface area contributed by atoms with Crippen molar-refractivity contribution in [3.63, 3.8) is 0 Å². The van der Waals surface area contributed by atoms with Crippen LogP contribution in [0.15, 0.2) is 18.2 Å². The van der Waals surface area contributed by atoms with Crippen molar-refractivity contribution in [1.29, 1.82) is 0 Å². The third kappa shape index (κ3) is 3.89. The zero-order valence-electron chi connectivity index (χ0n) is 12.1. The summed E-state index contributed by atoms with van der Waals surface area (Å²) in [5.74, 6) is 0.323. The summed E-state index contributed by atoms with van der Waals surface area (Å²) in [6.07, 6.45) is 1.03. The number of hydrogen-bond acceptors (Lipinski definition) is 3. The molecule has 1 aliphatic rings. The third-order valence-corrected chi connectivity index (χ3v) is 5.39. The van der Waals surface area contributed by atoms with E-state index in [0.717, 1.165) is 0 Å². The highest BCUT2D eigenvalue weighted by atomic mass is 35.5. The minimum absolute atomic E-state index is 0.103. The van der Waals surface area contributed by atoms with Crippen LogP contribution in [0.3, 0.4) is 0 Å². The number of hydrogen-bond donors (Lipinski definition) is 1. The molecule has 1 fully saturated rings. The quantitative estimate of drug-likeness (QED) is 0.923. The molecule has 1 N–H and O–H groups in total. The van der Waals surface area contributed by atoms with Crippen LogP contribution in [0.1, 0.15) is 26.7 Å². The van der Waals surface area contributed by atoms with Crippen LogP contribution < -0.4 is 9.62 Å². The van der Waals surface area contributed by atoms with E-state index in [1.807, 2.05) is 13.8 Å². The van der Waals surface area contributed by atoms with Crippen LogP contribution in [0.4, 0.5) is 11.4 Å². The zero-order valence-corrected chi connectivity index (χ0v) is 13.7. The highest BCUT2D eigenvalue weighted by Crippen LogP contribution is 2.31. The molecule has 0 aromatic heterocycles. The molecule has 0 radical (unpaired) electrons. The first-order valence-electron chi connectivity index (χ1n) is 6.89. The lowest BCUT2D eigenvalue weighted by Crippen LogP contribution is -2.25. The molecule has 0 spiro atoms. The number of halogens is 1. The summed E-state index contributed by atoms with van der Waals surface area (Å²) in [7, 11) is -3.22. The lowest BCUT2D eigenvalue weighted by atomic mass is 10.1. The molecule has 0 atom stereocenters. The summed E-state index contributed by atoms with van der Waals surface area (Å²) >= 11 is 6.15. The van der Waals surface area contributed by atoms with Gasteiger partial charge in [-0.15, -0.1) is 0 Å². The average Bonchev–Trinajstić information content (AvgIpc) is 2.70. The molecule has 7 heteroatoms. The first kappa shape index (κ1) is 16.1. The SMILES string of the molecule is CC(C)CC(=O)Nc1ccc(N2CCCS2(=O)=O)cc1Cl. The van der Waals surface area contributed by atoms with Gasteiger partial charge in [0.05, 0.1) is 22.2 Å². The Kier molecular flexibility index (Phi) is 4.78. The van der Waals surface area contributed by atoms with E-state index in [1.54, 1.807) is 18.2 Å². The van der Waals surface area contributed by atoms with E-state index >= 15 is 0 Å². The van der Waals surface area contributed by atoms with Gasteiger partial charge in [0.15, 0.2) is 0 Å². The Balaban J connectivity index is 2.16. The maximum atomic E-state index is 11.9. The summed E-state index contributed by atoms with van der Waals surface area (Å²) < 4.78 is 25.1. The lowest BCUT2D eigenvalue weighted by molar-refractivity contribution is -0.116. The maximum absolute atomic E-state index is 11.9. The van der Waals surface area contributed by atoms with E-state index < -0.39 is 10.0 Å². The smallest absolute Gasteiger partial charge is 0.235 e. The fourth-order valence-corrected chi connectivity index (χ4v) is 4.04. The highest BCUT2D eigenvalue weighted by molar-refractivity contribution is 7.93. The van der Waals surface area contributed by atoms with Gasteiger partial charge in [0, 0.05) is 13.0 Å². The Morgan fingerprint density at radius 2 is 2.14 bits per heavy atom. The largest absolute Gasteiger partial charge is 0.325 e. The zero-order chi connectivity index (χ0) is 15.6. The normalized spacial score (nSPS) is 17.2. The number of benzene rings is 1. The number of nitrogens with zero attached hydrogens (tertiary/aromatic N) is 1. The van der Waals surface area contributed by atoms with E-state index in [9.17, 15) is 13.2 Å². The molecule has 5 nitrogen and oxygen atoms in total. The number of rotatable bonds is 4. The highest BCUT2D eigenvalue weighted by Gasteiger charge is 2.28. The number of carbonyl (C=O) groups is 1. The summed E-state index contributed by atoms with van der Waals surface area (Å²) in [4.78, 5) is 11.7. The Hall–Kier alpha value is -1.27. The van der Waals surface area contributed by atoms with Gasteiger partial charge in [-0.2, -0.15) is 0 Å². The van der Waals surface area contributed by atoms with Crippen molar-refractivity contribution in [3.05, 3.63) is 23.2 Å². The minimum atomic E-state index is -3.22. The van der Waals surface area contributed by atoms with Crippen LogP contribution in [0.2, 0.25) is 5.02 Å². The van der Waals surface area contributed by atoms with Gasteiger partial charge in [-0.05, 0) is 30.5 Å². The average molecular weight is 331 g/mol. The summed E-state index contributed by atoms with van der Waals surface area (Å²) in [6, 6.07) is 4.89. The van der Waals surface area contributed by atoms with Gasteiger partial charge >= 0.3 is 0 Å². The van der Waals surface area contributed by atoms with Gasteiger partial charge in [0.2, 0.25) is 15.9 Å². The molecule has 1 saturated heterocycles. The van der Waals surface area contributed by atoms with Crippen LogP contribution >= 0.6 is 11.6 Å². The second-order valence-electron chi connectivity index (χ2n) is 5.55. The van der Waals surface area contributed by atoms with Gasteiger partial charge in [0.25, 0.3) is 0 Å². The van der Waals surface area contributed by atoms with Crippen molar-refractivity contribution in [2.75, 3.05) is 21.9 Å². The molecular formula is C14H19ClN2O3S. The third-order valence-electron chi connectivity index (χ3n) is 3.21. The summed E-state index contributed by atoms with van der Waals surface area (Å²) in [5.41, 5.74) is 1.04. The molecule has 1 amide bonds. The van der Waals surface area contributed by atoms with Crippen molar-refractivity contribution in [1.82, 2.24) is 0 Å². The van der Waals surface area contributed by atoms with Crippen molar-refractivity contribution >= 4 is 38.9 Å². The molecule has 0 aliphatic carbocycles. The fourth-order valence-electron chi connectivity index (χ4n) is 2.26. The molecule has 1 aromatic rings. The van der Waals surface area contributed by atoms with Gasteiger partial charge in [-0.3, -0.25) is 9.10 Å². The van der Waals surface area contributed by atoms with Crippen molar-refractivity contribution < 1.29 is 13.2 Å². The monoisotopic (exact) mass is 330 g/mol. The maximum Gasteiger partial charge on any atom is 0.235 e. The number of nitrogens with one attached hydrogen (secondary N) is 1. The van der Waals surface area contributed by atoms with E-state index in [0.29, 0.717) is 35.8 Å². The standard InChI is InChI=1S/C14H19ClN2O3S/c1-10(2)8-14(18)16-13-5-4-11(9-12(13)15)17-6-3-7-21(17,19)20/h4-5,9-10H,3,6-8H2,1-2H3,(H,16,18). The molecule has 0 unspecified atom stereocenters. The van der Waals surface area contributed by atoms with Gasteiger partial charge < -0.3 is 5.32 Å². The Labute approximate surface area is 130 Å². The summed E-state index contributed by atoms with van der Waals surface area (Å²) in [6.45, 7) is 4.39. The van der Waals surface area contributed by atoms with Gasteiger partial charge in [-0.25, -0.2) is 8.42 Å². The molecule has 1 heterocycles. The van der Waals surface area contributed by atoms with E-state index in [-0.39, 0.29) is 17.6 Å². The molecular weight excluding hydrogens is 312 g/mol. The van der Waals surface area contributed by atoms with Crippen LogP contribution in [-0.4, -0.2) is 26.6 Å². The Morgan fingerprint density at radius 1 is 1.43 bits per heavy atom.